The second-order valence-electron chi connectivity index (χ2n) is 5.69. The summed E-state index contributed by atoms with van der Waals surface area (Å²) in [4.78, 5) is 22.8. The first-order valence-electron chi connectivity index (χ1n) is 7.61. The van der Waals surface area contributed by atoms with E-state index in [2.05, 4.69) is 5.32 Å². The monoisotopic (exact) mass is 319 g/mol. The summed E-state index contributed by atoms with van der Waals surface area (Å²) in [6, 6.07) is 3.38. The second-order valence-corrected chi connectivity index (χ2v) is 5.69. The minimum absolute atomic E-state index is 0.0220. The van der Waals surface area contributed by atoms with Gasteiger partial charge in [-0.05, 0) is 36.1 Å². The molecule has 0 saturated heterocycles. The molecule has 0 aliphatic carbocycles. The van der Waals surface area contributed by atoms with Gasteiger partial charge in [-0.25, -0.2) is 4.79 Å². The van der Waals surface area contributed by atoms with Crippen LogP contribution < -0.4 is 14.8 Å². The van der Waals surface area contributed by atoms with Crippen molar-refractivity contribution >= 4 is 23.6 Å². The normalized spacial score (nSPS) is 16.9. The van der Waals surface area contributed by atoms with Crippen LogP contribution in [0.5, 0.6) is 11.5 Å². The van der Waals surface area contributed by atoms with Gasteiger partial charge in [0.15, 0.2) is 17.6 Å². The van der Waals surface area contributed by atoms with Crippen molar-refractivity contribution in [3.05, 3.63) is 23.8 Å². The zero-order chi connectivity index (χ0) is 17.0. The molecule has 6 nitrogen and oxygen atoms in total. The smallest absolute Gasteiger partial charge is 0.328 e. The molecule has 1 atom stereocenters. The Bertz CT molecular complexity index is 636. The number of hydrogen-bond acceptors (Lipinski definition) is 4. The Hall–Kier alpha value is -2.50. The molecular weight excluding hydrogens is 298 g/mol. The largest absolute Gasteiger partial charge is 0.490 e. The van der Waals surface area contributed by atoms with Crippen LogP contribution in [0.15, 0.2) is 18.2 Å². The molecule has 1 aromatic rings. The van der Waals surface area contributed by atoms with Crippen molar-refractivity contribution in [3.63, 3.8) is 0 Å². The van der Waals surface area contributed by atoms with Gasteiger partial charge < -0.3 is 19.9 Å². The zero-order valence-electron chi connectivity index (χ0n) is 13.5. The van der Waals surface area contributed by atoms with Crippen molar-refractivity contribution in [2.24, 2.45) is 5.92 Å². The van der Waals surface area contributed by atoms with E-state index in [1.165, 1.54) is 6.08 Å². The van der Waals surface area contributed by atoms with Gasteiger partial charge in [-0.2, -0.15) is 0 Å². The lowest BCUT2D eigenvalue weighted by molar-refractivity contribution is -0.131. The van der Waals surface area contributed by atoms with Gasteiger partial charge in [0.25, 0.3) is 5.91 Å². The molecular formula is C17H21NO5. The molecule has 1 unspecified atom stereocenters. The van der Waals surface area contributed by atoms with Crippen LogP contribution in [0.3, 0.4) is 0 Å². The molecule has 1 heterocycles. The predicted octanol–water partition coefficient (Wildman–Crippen LogP) is 2.93. The molecule has 6 heteroatoms. The molecule has 2 N–H and O–H groups in total. The molecule has 2 rings (SSSR count). The van der Waals surface area contributed by atoms with Crippen LogP contribution in [-0.2, 0) is 9.59 Å². The van der Waals surface area contributed by atoms with Crippen LogP contribution in [0.2, 0.25) is 0 Å². The van der Waals surface area contributed by atoms with E-state index in [0.29, 0.717) is 29.4 Å². The molecule has 0 aromatic heterocycles. The Balaban J connectivity index is 2.42. The van der Waals surface area contributed by atoms with E-state index in [-0.39, 0.29) is 11.8 Å². The van der Waals surface area contributed by atoms with E-state index in [0.717, 1.165) is 12.5 Å². The van der Waals surface area contributed by atoms with E-state index in [9.17, 15) is 9.59 Å². The van der Waals surface area contributed by atoms with Crippen LogP contribution in [0.25, 0.3) is 6.08 Å². The molecule has 0 radical (unpaired) electrons. The summed E-state index contributed by atoms with van der Waals surface area (Å²) in [6.07, 6.45) is 2.73. The molecule has 0 bridgehead atoms. The molecule has 1 aliphatic rings. The highest BCUT2D eigenvalue weighted by Crippen LogP contribution is 2.41. The molecule has 1 aliphatic heterocycles. The number of hydrogen-bond donors (Lipinski definition) is 2. The lowest BCUT2D eigenvalue weighted by Gasteiger charge is -2.29. The van der Waals surface area contributed by atoms with Gasteiger partial charge in [0.2, 0.25) is 0 Å². The van der Waals surface area contributed by atoms with E-state index in [1.807, 2.05) is 20.8 Å². The molecule has 0 fully saturated rings. The summed E-state index contributed by atoms with van der Waals surface area (Å²) < 4.78 is 11.5. The standard InChI is InChI=1S/C17H21NO5/c1-4-7-22-13-9-11(5-6-14(19)20)8-12-16(13)23-15(10(2)3)17(21)18-12/h5-6,8-10,15H,4,7H2,1-3H3,(H,18,21)(H,19,20)/b6-5+. The minimum Gasteiger partial charge on any atom is -0.490 e. The van der Waals surface area contributed by atoms with Gasteiger partial charge in [-0.15, -0.1) is 0 Å². The summed E-state index contributed by atoms with van der Waals surface area (Å²) >= 11 is 0. The minimum atomic E-state index is -1.04. The molecule has 124 valence electrons. The number of carboxylic acid groups (broad SMARTS) is 1. The number of aliphatic carboxylic acids is 1. The second kappa shape index (κ2) is 7.17. The zero-order valence-corrected chi connectivity index (χ0v) is 13.5. The predicted molar refractivity (Wildman–Crippen MR) is 86.8 cm³/mol. The van der Waals surface area contributed by atoms with Crippen molar-refractivity contribution in [1.29, 1.82) is 0 Å². The fraction of sp³-hybridized carbons (Fsp3) is 0.412. The summed E-state index contributed by atoms with van der Waals surface area (Å²) in [5.74, 6) is -0.245. The van der Waals surface area contributed by atoms with Crippen molar-refractivity contribution < 1.29 is 24.2 Å². The SMILES string of the molecule is CCCOc1cc(/C=C/C(=O)O)cc2c1OC(C(C)C)C(=O)N2. The van der Waals surface area contributed by atoms with Gasteiger partial charge in [-0.1, -0.05) is 20.8 Å². The molecule has 23 heavy (non-hydrogen) atoms. The number of benzene rings is 1. The first kappa shape index (κ1) is 16.9. The number of carbonyl (C=O) groups is 2. The Morgan fingerprint density at radius 1 is 1.48 bits per heavy atom. The number of ether oxygens (including phenoxy) is 2. The number of carbonyl (C=O) groups excluding carboxylic acids is 1. The molecule has 0 spiro atoms. The third-order valence-corrected chi connectivity index (χ3v) is 3.32. The van der Waals surface area contributed by atoms with E-state index >= 15 is 0 Å². The summed E-state index contributed by atoms with van der Waals surface area (Å²) in [5.41, 5.74) is 1.11. The Morgan fingerprint density at radius 2 is 2.22 bits per heavy atom. The van der Waals surface area contributed by atoms with E-state index in [1.54, 1.807) is 12.1 Å². The van der Waals surface area contributed by atoms with Crippen LogP contribution in [0.1, 0.15) is 32.8 Å². The Kier molecular flexibility index (Phi) is 5.26. The average Bonchev–Trinajstić information content (AvgIpc) is 2.49. The number of fused-ring (bicyclic) bond motifs is 1. The van der Waals surface area contributed by atoms with Gasteiger partial charge in [-0.3, -0.25) is 4.79 Å². The molecule has 1 amide bonds. The quantitative estimate of drug-likeness (QED) is 0.788. The lowest BCUT2D eigenvalue weighted by atomic mass is 10.0. The Morgan fingerprint density at radius 3 is 2.83 bits per heavy atom. The van der Waals surface area contributed by atoms with E-state index < -0.39 is 12.1 Å². The van der Waals surface area contributed by atoms with Gasteiger partial charge in [0.05, 0.1) is 12.3 Å². The summed E-state index contributed by atoms with van der Waals surface area (Å²) in [6.45, 7) is 6.31. The third-order valence-electron chi connectivity index (χ3n) is 3.32. The molecule has 0 saturated carbocycles. The lowest BCUT2D eigenvalue weighted by Crippen LogP contribution is -2.40. The first-order chi connectivity index (χ1) is 10.9. The maximum Gasteiger partial charge on any atom is 0.328 e. The number of nitrogens with one attached hydrogen (secondary N) is 1. The van der Waals surface area contributed by atoms with Crippen LogP contribution in [0.4, 0.5) is 5.69 Å². The molecule has 1 aromatic carbocycles. The van der Waals surface area contributed by atoms with Crippen LogP contribution in [-0.4, -0.2) is 29.7 Å². The summed E-state index contributed by atoms with van der Waals surface area (Å²) in [5, 5.41) is 11.6. The van der Waals surface area contributed by atoms with Crippen molar-refractivity contribution in [2.75, 3.05) is 11.9 Å². The van der Waals surface area contributed by atoms with Crippen molar-refractivity contribution in [1.82, 2.24) is 0 Å². The van der Waals surface area contributed by atoms with Crippen molar-refractivity contribution in [3.8, 4) is 11.5 Å². The van der Waals surface area contributed by atoms with E-state index in [4.69, 9.17) is 14.6 Å². The third kappa shape index (κ3) is 4.03. The highest BCUT2D eigenvalue weighted by molar-refractivity contribution is 5.99. The Labute approximate surface area is 135 Å². The topological polar surface area (TPSA) is 84.9 Å². The fourth-order valence-corrected chi connectivity index (χ4v) is 2.24. The summed E-state index contributed by atoms with van der Waals surface area (Å²) in [7, 11) is 0. The average molecular weight is 319 g/mol. The number of anilines is 1. The van der Waals surface area contributed by atoms with Crippen LogP contribution in [0, 0.1) is 5.92 Å². The van der Waals surface area contributed by atoms with Gasteiger partial charge in [0, 0.05) is 6.08 Å². The highest BCUT2D eigenvalue weighted by atomic mass is 16.5. The van der Waals surface area contributed by atoms with Crippen molar-refractivity contribution in [2.45, 2.75) is 33.3 Å². The first-order valence-corrected chi connectivity index (χ1v) is 7.61. The highest BCUT2D eigenvalue weighted by Gasteiger charge is 2.32. The fourth-order valence-electron chi connectivity index (χ4n) is 2.24. The maximum absolute atomic E-state index is 12.1. The number of amides is 1. The maximum atomic E-state index is 12.1. The van der Waals surface area contributed by atoms with Gasteiger partial charge >= 0.3 is 5.97 Å². The van der Waals surface area contributed by atoms with Crippen LogP contribution >= 0.6 is 0 Å². The van der Waals surface area contributed by atoms with Gasteiger partial charge in [0.1, 0.15) is 0 Å². The number of carboxylic acids is 1. The number of rotatable bonds is 6.